The van der Waals surface area contributed by atoms with Crippen molar-refractivity contribution in [2.75, 3.05) is 25.5 Å². The van der Waals surface area contributed by atoms with E-state index in [1.807, 2.05) is 0 Å². The number of sulfonamides is 1. The molecule has 3 rings (SSSR count). The highest BCUT2D eigenvalue weighted by atomic mass is 32.2. The minimum absolute atomic E-state index is 0.0412. The average molecular weight is 393 g/mol. The number of nitrogens with one attached hydrogen (secondary N) is 1. The second-order valence-electron chi connectivity index (χ2n) is 6.29. The number of carbonyl (C=O) groups is 1. The van der Waals surface area contributed by atoms with Gasteiger partial charge in [0, 0.05) is 18.8 Å². The number of benzene rings is 1. The van der Waals surface area contributed by atoms with E-state index in [0.29, 0.717) is 30.1 Å². The molecule has 1 aromatic heterocycles. The quantitative estimate of drug-likeness (QED) is 0.777. The van der Waals surface area contributed by atoms with Crippen LogP contribution in [0.15, 0.2) is 39.8 Å². The van der Waals surface area contributed by atoms with Gasteiger partial charge in [0.05, 0.1) is 19.2 Å². The number of nitrogens with two attached hydrogens (primary N) is 1. The van der Waals surface area contributed by atoms with E-state index in [4.69, 9.17) is 14.9 Å². The molecule has 8 nitrogen and oxygen atoms in total. The van der Waals surface area contributed by atoms with E-state index < -0.39 is 15.9 Å². The summed E-state index contributed by atoms with van der Waals surface area (Å²) in [6.07, 6.45) is 4.01. The number of anilines is 1. The Morgan fingerprint density at radius 2 is 2.00 bits per heavy atom. The van der Waals surface area contributed by atoms with Crippen molar-refractivity contribution in [1.82, 2.24) is 4.31 Å². The van der Waals surface area contributed by atoms with Crippen LogP contribution in [-0.4, -0.2) is 38.8 Å². The molecule has 0 atom stereocenters. The van der Waals surface area contributed by atoms with Gasteiger partial charge in [0.15, 0.2) is 0 Å². The Morgan fingerprint density at radius 3 is 2.63 bits per heavy atom. The summed E-state index contributed by atoms with van der Waals surface area (Å²) in [4.78, 5) is 12.4. The third-order valence-electron chi connectivity index (χ3n) is 4.47. The maximum absolute atomic E-state index is 13.0. The second-order valence-corrected chi connectivity index (χ2v) is 8.20. The van der Waals surface area contributed by atoms with Gasteiger partial charge in [-0.25, -0.2) is 8.42 Å². The third-order valence-corrected chi connectivity index (χ3v) is 6.39. The van der Waals surface area contributed by atoms with Crippen LogP contribution in [0.2, 0.25) is 0 Å². The number of amides is 1. The second kappa shape index (κ2) is 8.12. The van der Waals surface area contributed by atoms with Crippen molar-refractivity contribution in [2.24, 2.45) is 5.73 Å². The Morgan fingerprint density at radius 1 is 1.26 bits per heavy atom. The predicted octanol–water partition coefficient (Wildman–Crippen LogP) is 2.17. The Bertz CT molecular complexity index is 917. The van der Waals surface area contributed by atoms with Gasteiger partial charge < -0.3 is 20.2 Å². The van der Waals surface area contributed by atoms with Gasteiger partial charge in [0.25, 0.3) is 5.91 Å². The molecule has 27 heavy (non-hydrogen) atoms. The Hall–Kier alpha value is -2.36. The first kappa shape index (κ1) is 19.4. The lowest BCUT2D eigenvalue weighted by atomic mass is 10.2. The first-order valence-corrected chi connectivity index (χ1v) is 10.2. The van der Waals surface area contributed by atoms with Gasteiger partial charge in [0.1, 0.15) is 22.7 Å². The van der Waals surface area contributed by atoms with Crippen LogP contribution in [0.4, 0.5) is 5.69 Å². The number of nitrogens with zero attached hydrogens (tertiary/aromatic N) is 1. The van der Waals surface area contributed by atoms with Crippen LogP contribution < -0.4 is 15.8 Å². The molecule has 1 fully saturated rings. The number of methoxy groups -OCH3 is 1. The van der Waals surface area contributed by atoms with Crippen LogP contribution in [0.5, 0.6) is 5.75 Å². The maximum atomic E-state index is 13.0. The minimum atomic E-state index is -3.71. The van der Waals surface area contributed by atoms with Gasteiger partial charge in [-0.1, -0.05) is 6.42 Å². The summed E-state index contributed by atoms with van der Waals surface area (Å²) in [5, 5.41) is 2.68. The van der Waals surface area contributed by atoms with Crippen molar-refractivity contribution in [3.05, 3.63) is 41.9 Å². The van der Waals surface area contributed by atoms with Gasteiger partial charge in [-0.05, 0) is 37.1 Å². The Kier molecular flexibility index (Phi) is 5.83. The fourth-order valence-corrected chi connectivity index (χ4v) is 4.71. The van der Waals surface area contributed by atoms with Crippen molar-refractivity contribution < 1.29 is 22.4 Å². The van der Waals surface area contributed by atoms with E-state index in [0.717, 1.165) is 19.3 Å². The van der Waals surface area contributed by atoms with Gasteiger partial charge in [-0.15, -0.1) is 0 Å². The number of ether oxygens (including phenoxy) is 1. The molecule has 146 valence electrons. The van der Waals surface area contributed by atoms with Gasteiger partial charge in [-0.2, -0.15) is 4.31 Å². The van der Waals surface area contributed by atoms with Crippen molar-refractivity contribution in [3.63, 3.8) is 0 Å². The summed E-state index contributed by atoms with van der Waals surface area (Å²) in [5.41, 5.74) is 6.14. The molecule has 0 radical (unpaired) electrons. The van der Waals surface area contributed by atoms with Crippen LogP contribution >= 0.6 is 0 Å². The number of hydrogen-bond donors (Lipinski definition) is 2. The molecule has 3 N–H and O–H groups in total. The summed E-state index contributed by atoms with van der Waals surface area (Å²) in [6, 6.07) is 6.10. The van der Waals surface area contributed by atoms with Crippen molar-refractivity contribution >= 4 is 21.6 Å². The van der Waals surface area contributed by atoms with Gasteiger partial charge in [0.2, 0.25) is 10.0 Å². The van der Waals surface area contributed by atoms with Crippen molar-refractivity contribution in [2.45, 2.75) is 30.7 Å². The van der Waals surface area contributed by atoms with Crippen LogP contribution in [-0.2, 0) is 16.6 Å². The predicted molar refractivity (Wildman–Crippen MR) is 100 cm³/mol. The topological polar surface area (TPSA) is 115 Å². The standard InChI is InChI=1S/C18H23N3O5S/c1-25-16-6-5-14(20-18(22)13-9-15(11-19)26-12-13)10-17(16)27(23,24)21-7-3-2-4-8-21/h5-6,9-10,12H,2-4,7-8,11,19H2,1H3,(H,20,22). The number of hydrogen-bond acceptors (Lipinski definition) is 6. The smallest absolute Gasteiger partial charge is 0.258 e. The first-order valence-electron chi connectivity index (χ1n) is 8.72. The minimum Gasteiger partial charge on any atom is -0.495 e. The molecule has 1 saturated heterocycles. The fraction of sp³-hybridized carbons (Fsp3) is 0.389. The SMILES string of the molecule is COc1ccc(NC(=O)c2coc(CN)c2)cc1S(=O)(=O)N1CCCCC1. The lowest BCUT2D eigenvalue weighted by Crippen LogP contribution is -2.35. The van der Waals surface area contributed by atoms with E-state index in [-0.39, 0.29) is 17.2 Å². The van der Waals surface area contributed by atoms with Crippen LogP contribution in [0.3, 0.4) is 0 Å². The lowest BCUT2D eigenvalue weighted by molar-refractivity contribution is 0.102. The normalized spacial score (nSPS) is 15.5. The van der Waals surface area contributed by atoms with E-state index in [9.17, 15) is 13.2 Å². The number of furan rings is 1. The molecular weight excluding hydrogens is 370 g/mol. The molecule has 2 heterocycles. The van der Waals surface area contributed by atoms with E-state index in [2.05, 4.69) is 5.32 Å². The Labute approximate surface area is 158 Å². The molecule has 1 aliphatic heterocycles. The maximum Gasteiger partial charge on any atom is 0.258 e. The molecule has 0 bridgehead atoms. The summed E-state index contributed by atoms with van der Waals surface area (Å²) in [6.45, 7) is 1.16. The highest BCUT2D eigenvalue weighted by molar-refractivity contribution is 7.89. The molecule has 1 amide bonds. The molecule has 0 aliphatic carbocycles. The largest absolute Gasteiger partial charge is 0.495 e. The van der Waals surface area contributed by atoms with E-state index in [1.165, 1.54) is 29.8 Å². The molecule has 0 unspecified atom stereocenters. The fourth-order valence-electron chi connectivity index (χ4n) is 3.01. The van der Waals surface area contributed by atoms with Crippen molar-refractivity contribution in [1.29, 1.82) is 0 Å². The van der Waals surface area contributed by atoms with E-state index >= 15 is 0 Å². The summed E-state index contributed by atoms with van der Waals surface area (Å²) in [7, 11) is -2.29. The number of rotatable bonds is 6. The highest BCUT2D eigenvalue weighted by Crippen LogP contribution is 2.31. The molecule has 9 heteroatoms. The first-order chi connectivity index (χ1) is 13.0. The summed E-state index contributed by atoms with van der Waals surface area (Å²) < 4.78 is 37.9. The Balaban J connectivity index is 1.87. The monoisotopic (exact) mass is 393 g/mol. The molecule has 1 aliphatic rings. The van der Waals surface area contributed by atoms with Crippen LogP contribution in [0.1, 0.15) is 35.4 Å². The van der Waals surface area contributed by atoms with Gasteiger partial charge >= 0.3 is 0 Å². The lowest BCUT2D eigenvalue weighted by Gasteiger charge is -2.26. The zero-order chi connectivity index (χ0) is 19.4. The zero-order valence-corrected chi connectivity index (χ0v) is 15.9. The third kappa shape index (κ3) is 4.15. The molecule has 1 aromatic carbocycles. The summed E-state index contributed by atoms with van der Waals surface area (Å²) >= 11 is 0. The molecule has 0 saturated carbocycles. The average Bonchev–Trinajstić information content (AvgIpc) is 3.18. The van der Waals surface area contributed by atoms with Crippen molar-refractivity contribution in [3.8, 4) is 5.75 Å². The van der Waals surface area contributed by atoms with Gasteiger partial charge in [-0.3, -0.25) is 4.79 Å². The zero-order valence-electron chi connectivity index (χ0n) is 15.1. The molecular formula is C18H23N3O5S. The van der Waals surface area contributed by atoms with Crippen LogP contribution in [0, 0.1) is 0 Å². The number of piperidine rings is 1. The molecule has 2 aromatic rings. The van der Waals surface area contributed by atoms with E-state index in [1.54, 1.807) is 12.1 Å². The van der Waals surface area contributed by atoms with Crippen LogP contribution in [0.25, 0.3) is 0 Å². The summed E-state index contributed by atoms with van der Waals surface area (Å²) in [5.74, 6) is 0.320. The number of carbonyl (C=O) groups excluding carboxylic acids is 1. The highest BCUT2D eigenvalue weighted by Gasteiger charge is 2.29. The molecule has 0 spiro atoms.